The van der Waals surface area contributed by atoms with Crippen LogP contribution in [0.25, 0.3) is 10.2 Å². The quantitative estimate of drug-likeness (QED) is 0.592. The Morgan fingerprint density at radius 3 is 2.68 bits per heavy atom. The SMILES string of the molecule is Cc1cc2c(OC3CCCCCC3)nc(Cl)nc2s1. The van der Waals surface area contributed by atoms with E-state index in [0.717, 1.165) is 23.1 Å². The molecule has 0 amide bonds. The zero-order valence-electron chi connectivity index (χ0n) is 11.0. The van der Waals surface area contributed by atoms with Crippen molar-refractivity contribution in [3.05, 3.63) is 16.2 Å². The van der Waals surface area contributed by atoms with Gasteiger partial charge < -0.3 is 4.74 Å². The predicted molar refractivity (Wildman–Crippen MR) is 79.3 cm³/mol. The zero-order valence-corrected chi connectivity index (χ0v) is 12.6. The fourth-order valence-electron chi connectivity index (χ4n) is 2.60. The zero-order chi connectivity index (χ0) is 13.2. The van der Waals surface area contributed by atoms with Gasteiger partial charge in [-0.3, -0.25) is 0 Å². The first-order valence-corrected chi connectivity index (χ1v) is 8.02. The van der Waals surface area contributed by atoms with Gasteiger partial charge in [-0.1, -0.05) is 12.8 Å². The summed E-state index contributed by atoms with van der Waals surface area (Å²) in [6.45, 7) is 2.07. The second-order valence-corrected chi connectivity index (χ2v) is 6.68. The van der Waals surface area contributed by atoms with Gasteiger partial charge in [-0.2, -0.15) is 4.98 Å². The molecule has 0 spiro atoms. The van der Waals surface area contributed by atoms with Crippen LogP contribution in [0.3, 0.4) is 0 Å². The second kappa shape index (κ2) is 5.63. The number of hydrogen-bond donors (Lipinski definition) is 0. The molecule has 1 aliphatic carbocycles. The average Bonchev–Trinajstić information content (AvgIpc) is 2.59. The van der Waals surface area contributed by atoms with Crippen molar-refractivity contribution < 1.29 is 4.74 Å². The highest BCUT2D eigenvalue weighted by molar-refractivity contribution is 7.18. The molecule has 3 rings (SSSR count). The van der Waals surface area contributed by atoms with E-state index < -0.39 is 0 Å². The van der Waals surface area contributed by atoms with Crippen molar-refractivity contribution in [2.75, 3.05) is 0 Å². The van der Waals surface area contributed by atoms with Crippen LogP contribution >= 0.6 is 22.9 Å². The van der Waals surface area contributed by atoms with Crippen LogP contribution in [0.2, 0.25) is 5.28 Å². The van der Waals surface area contributed by atoms with Crippen molar-refractivity contribution in [1.29, 1.82) is 0 Å². The Bertz CT molecular complexity index is 576. The Hall–Kier alpha value is -0.870. The molecule has 1 fully saturated rings. The maximum Gasteiger partial charge on any atom is 0.227 e. The van der Waals surface area contributed by atoms with E-state index in [0.29, 0.717) is 5.88 Å². The minimum absolute atomic E-state index is 0.275. The Morgan fingerprint density at radius 1 is 1.21 bits per heavy atom. The van der Waals surface area contributed by atoms with Crippen LogP contribution in [0, 0.1) is 6.92 Å². The van der Waals surface area contributed by atoms with E-state index in [1.165, 1.54) is 30.6 Å². The van der Waals surface area contributed by atoms with Crippen LogP contribution in [-0.2, 0) is 0 Å². The van der Waals surface area contributed by atoms with Crippen molar-refractivity contribution in [1.82, 2.24) is 9.97 Å². The average molecular weight is 297 g/mol. The summed E-state index contributed by atoms with van der Waals surface area (Å²) in [5.74, 6) is 0.659. The van der Waals surface area contributed by atoms with Gasteiger partial charge in [0.1, 0.15) is 10.9 Å². The lowest BCUT2D eigenvalue weighted by molar-refractivity contribution is 0.179. The molecular weight excluding hydrogens is 280 g/mol. The molecule has 2 aromatic rings. The molecule has 1 saturated carbocycles. The standard InChI is InChI=1S/C14H17ClN2OS/c1-9-8-11-12(16-14(15)17-13(11)19-9)18-10-6-4-2-3-5-7-10/h8,10H,2-7H2,1H3. The molecule has 3 nitrogen and oxygen atoms in total. The van der Waals surface area contributed by atoms with Crippen molar-refractivity contribution in [2.45, 2.75) is 51.6 Å². The largest absolute Gasteiger partial charge is 0.474 e. The van der Waals surface area contributed by atoms with Gasteiger partial charge in [-0.05, 0) is 50.3 Å². The van der Waals surface area contributed by atoms with Crippen LogP contribution in [0.5, 0.6) is 5.88 Å². The lowest BCUT2D eigenvalue weighted by Crippen LogP contribution is -2.16. The molecule has 0 aliphatic heterocycles. The lowest BCUT2D eigenvalue weighted by atomic mass is 10.1. The first-order chi connectivity index (χ1) is 9.22. The van der Waals surface area contributed by atoms with Crippen LogP contribution in [0.15, 0.2) is 6.07 Å². The summed E-state index contributed by atoms with van der Waals surface area (Å²) in [4.78, 5) is 10.7. The minimum atomic E-state index is 0.275. The Morgan fingerprint density at radius 2 is 1.95 bits per heavy atom. The van der Waals surface area contributed by atoms with Crippen molar-refractivity contribution in [3.8, 4) is 5.88 Å². The van der Waals surface area contributed by atoms with Crippen LogP contribution < -0.4 is 4.74 Å². The Kier molecular flexibility index (Phi) is 3.89. The van der Waals surface area contributed by atoms with Gasteiger partial charge in [0.2, 0.25) is 11.2 Å². The number of halogens is 1. The third kappa shape index (κ3) is 3.00. The van der Waals surface area contributed by atoms with E-state index in [-0.39, 0.29) is 11.4 Å². The Balaban J connectivity index is 1.90. The number of fused-ring (bicyclic) bond motifs is 1. The molecule has 1 aliphatic rings. The molecule has 2 aromatic heterocycles. The summed E-state index contributed by atoms with van der Waals surface area (Å²) in [5.41, 5.74) is 0. The van der Waals surface area contributed by atoms with E-state index in [2.05, 4.69) is 23.0 Å². The highest BCUT2D eigenvalue weighted by Crippen LogP contribution is 2.32. The van der Waals surface area contributed by atoms with Gasteiger partial charge in [0.15, 0.2) is 0 Å². The molecular formula is C14H17ClN2OS. The highest BCUT2D eigenvalue weighted by atomic mass is 35.5. The third-order valence-electron chi connectivity index (χ3n) is 3.53. The van der Waals surface area contributed by atoms with Crippen LogP contribution in [0.1, 0.15) is 43.4 Å². The molecule has 0 bridgehead atoms. The van der Waals surface area contributed by atoms with E-state index in [1.807, 2.05) is 0 Å². The number of aryl methyl sites for hydroxylation is 1. The van der Waals surface area contributed by atoms with Crippen LogP contribution in [0.4, 0.5) is 0 Å². The van der Waals surface area contributed by atoms with E-state index in [9.17, 15) is 0 Å². The topological polar surface area (TPSA) is 35.0 Å². The first-order valence-electron chi connectivity index (χ1n) is 6.83. The molecule has 0 saturated heterocycles. The van der Waals surface area contributed by atoms with Crippen molar-refractivity contribution in [3.63, 3.8) is 0 Å². The number of aromatic nitrogens is 2. The fraction of sp³-hybridized carbons (Fsp3) is 0.571. The molecule has 0 atom stereocenters. The minimum Gasteiger partial charge on any atom is -0.474 e. The van der Waals surface area contributed by atoms with E-state index in [4.69, 9.17) is 16.3 Å². The summed E-state index contributed by atoms with van der Waals surface area (Å²) in [6.07, 6.45) is 7.63. The molecule has 2 heterocycles. The molecule has 5 heteroatoms. The number of hydrogen-bond acceptors (Lipinski definition) is 4. The molecule has 0 aromatic carbocycles. The summed E-state index contributed by atoms with van der Waals surface area (Å²) >= 11 is 7.62. The summed E-state index contributed by atoms with van der Waals surface area (Å²) in [5, 5.41) is 1.27. The van der Waals surface area contributed by atoms with E-state index in [1.54, 1.807) is 11.3 Å². The van der Waals surface area contributed by atoms with Crippen LogP contribution in [-0.4, -0.2) is 16.1 Å². The summed E-state index contributed by atoms with van der Waals surface area (Å²) in [7, 11) is 0. The molecule has 0 N–H and O–H groups in total. The summed E-state index contributed by atoms with van der Waals surface area (Å²) in [6, 6.07) is 2.09. The van der Waals surface area contributed by atoms with E-state index >= 15 is 0 Å². The lowest BCUT2D eigenvalue weighted by Gasteiger charge is -2.16. The van der Waals surface area contributed by atoms with Gasteiger partial charge in [-0.15, -0.1) is 11.3 Å². The Labute approximate surface area is 122 Å². The smallest absolute Gasteiger partial charge is 0.227 e. The monoisotopic (exact) mass is 296 g/mol. The van der Waals surface area contributed by atoms with Gasteiger partial charge >= 0.3 is 0 Å². The molecule has 0 unspecified atom stereocenters. The van der Waals surface area contributed by atoms with Crippen molar-refractivity contribution in [2.24, 2.45) is 0 Å². The van der Waals surface area contributed by atoms with Crippen molar-refractivity contribution >= 4 is 33.2 Å². The maximum absolute atomic E-state index is 6.11. The van der Waals surface area contributed by atoms with Gasteiger partial charge in [-0.25, -0.2) is 4.98 Å². The number of ether oxygens (including phenoxy) is 1. The molecule has 102 valence electrons. The number of rotatable bonds is 2. The fourth-order valence-corrected chi connectivity index (χ4v) is 3.68. The third-order valence-corrected chi connectivity index (χ3v) is 4.65. The normalized spacial score (nSPS) is 17.6. The second-order valence-electron chi connectivity index (χ2n) is 5.11. The maximum atomic E-state index is 6.11. The van der Waals surface area contributed by atoms with Gasteiger partial charge in [0.25, 0.3) is 0 Å². The predicted octanol–water partition coefficient (Wildman–Crippen LogP) is 4.75. The number of thiophene rings is 1. The first kappa shape index (κ1) is 13.1. The number of nitrogens with zero attached hydrogens (tertiary/aromatic N) is 2. The van der Waals surface area contributed by atoms with Gasteiger partial charge in [0.05, 0.1) is 5.39 Å². The molecule has 19 heavy (non-hydrogen) atoms. The highest BCUT2D eigenvalue weighted by Gasteiger charge is 2.17. The summed E-state index contributed by atoms with van der Waals surface area (Å²) < 4.78 is 6.11. The molecule has 0 radical (unpaired) electrons. The van der Waals surface area contributed by atoms with Gasteiger partial charge in [0, 0.05) is 4.88 Å².